The molecule has 0 saturated heterocycles. The maximum absolute atomic E-state index is 9.97. The highest BCUT2D eigenvalue weighted by Crippen LogP contribution is 2.26. The van der Waals surface area contributed by atoms with Crippen LogP contribution in [0.4, 0.5) is 0 Å². The summed E-state index contributed by atoms with van der Waals surface area (Å²) in [5.74, 6) is 0.904. The molecule has 1 atom stereocenters. The molecule has 100 valence electrons. The third-order valence-electron chi connectivity index (χ3n) is 4.33. The first kappa shape index (κ1) is 13.3. The van der Waals surface area contributed by atoms with Gasteiger partial charge in [0.25, 0.3) is 0 Å². The Hall–Kier alpha value is -0.120. The molecule has 0 amide bonds. The lowest BCUT2D eigenvalue weighted by Gasteiger charge is -2.34. The summed E-state index contributed by atoms with van der Waals surface area (Å²) in [6, 6.07) is 1.40. The molecular weight excluding hydrogens is 212 g/mol. The molecule has 1 unspecified atom stereocenters. The maximum atomic E-state index is 9.97. The molecule has 0 radical (unpaired) electrons. The summed E-state index contributed by atoms with van der Waals surface area (Å²) in [6.07, 6.45) is 7.70. The van der Waals surface area contributed by atoms with Crippen molar-refractivity contribution in [1.29, 1.82) is 0 Å². The second-order valence-corrected chi connectivity index (χ2v) is 6.19. The fourth-order valence-corrected chi connectivity index (χ4v) is 2.82. The van der Waals surface area contributed by atoms with Crippen LogP contribution in [0.5, 0.6) is 0 Å². The van der Waals surface area contributed by atoms with Crippen LogP contribution in [0.2, 0.25) is 0 Å². The van der Waals surface area contributed by atoms with Crippen molar-refractivity contribution in [3.05, 3.63) is 0 Å². The summed E-state index contributed by atoms with van der Waals surface area (Å²) >= 11 is 0. The van der Waals surface area contributed by atoms with Crippen LogP contribution >= 0.6 is 0 Å². The van der Waals surface area contributed by atoms with Crippen molar-refractivity contribution >= 4 is 0 Å². The van der Waals surface area contributed by atoms with E-state index in [1.165, 1.54) is 38.5 Å². The summed E-state index contributed by atoms with van der Waals surface area (Å²) in [5.41, 5.74) is 0. The van der Waals surface area contributed by atoms with Crippen LogP contribution in [-0.2, 0) is 0 Å². The molecule has 3 nitrogen and oxygen atoms in total. The average molecular weight is 240 g/mol. The van der Waals surface area contributed by atoms with Crippen molar-refractivity contribution in [2.75, 3.05) is 20.1 Å². The Bertz CT molecular complexity index is 222. The lowest BCUT2D eigenvalue weighted by Crippen LogP contribution is -2.43. The monoisotopic (exact) mass is 240 g/mol. The van der Waals surface area contributed by atoms with Gasteiger partial charge in [-0.15, -0.1) is 0 Å². The molecule has 2 aliphatic carbocycles. The van der Waals surface area contributed by atoms with Crippen molar-refractivity contribution in [3.8, 4) is 0 Å². The van der Waals surface area contributed by atoms with E-state index >= 15 is 0 Å². The Labute approximate surface area is 106 Å². The highest BCUT2D eigenvalue weighted by Gasteiger charge is 2.24. The second kappa shape index (κ2) is 6.17. The number of hydrogen-bond donors (Lipinski definition) is 2. The molecule has 0 aromatic heterocycles. The Morgan fingerprint density at radius 2 is 1.82 bits per heavy atom. The number of aliphatic hydroxyl groups is 1. The topological polar surface area (TPSA) is 35.5 Å². The van der Waals surface area contributed by atoms with Crippen molar-refractivity contribution in [3.63, 3.8) is 0 Å². The van der Waals surface area contributed by atoms with Crippen LogP contribution in [-0.4, -0.2) is 48.3 Å². The Kier molecular flexibility index (Phi) is 4.83. The van der Waals surface area contributed by atoms with Crippen molar-refractivity contribution < 1.29 is 5.11 Å². The van der Waals surface area contributed by atoms with Gasteiger partial charge in [-0.05, 0) is 51.5 Å². The minimum Gasteiger partial charge on any atom is -0.390 e. The summed E-state index contributed by atoms with van der Waals surface area (Å²) in [6.45, 7) is 3.93. The van der Waals surface area contributed by atoms with Crippen LogP contribution < -0.4 is 5.32 Å². The lowest BCUT2D eigenvalue weighted by molar-refractivity contribution is 0.0850. The van der Waals surface area contributed by atoms with E-state index in [0.717, 1.165) is 19.0 Å². The number of aliphatic hydroxyl groups excluding tert-OH is 1. The second-order valence-electron chi connectivity index (χ2n) is 6.19. The number of nitrogens with zero attached hydrogens (tertiary/aromatic N) is 1. The first-order valence-electron chi connectivity index (χ1n) is 7.27. The van der Waals surface area contributed by atoms with E-state index in [0.29, 0.717) is 12.1 Å². The van der Waals surface area contributed by atoms with Crippen LogP contribution in [0, 0.1) is 5.92 Å². The van der Waals surface area contributed by atoms with E-state index < -0.39 is 0 Å². The zero-order valence-electron chi connectivity index (χ0n) is 11.4. The van der Waals surface area contributed by atoms with Gasteiger partial charge < -0.3 is 15.3 Å². The SMILES string of the molecule is CC1CCC(N(C)CC(O)CNC2CC2)CC1. The zero-order chi connectivity index (χ0) is 12.3. The third-order valence-corrected chi connectivity index (χ3v) is 4.33. The first-order valence-corrected chi connectivity index (χ1v) is 7.27. The van der Waals surface area contributed by atoms with Crippen molar-refractivity contribution in [2.45, 2.75) is 63.6 Å². The molecule has 2 rings (SSSR count). The summed E-state index contributed by atoms with van der Waals surface area (Å²) in [7, 11) is 2.17. The molecule has 2 aliphatic rings. The van der Waals surface area contributed by atoms with Crippen LogP contribution in [0.3, 0.4) is 0 Å². The highest BCUT2D eigenvalue weighted by molar-refractivity contribution is 4.83. The van der Waals surface area contributed by atoms with Gasteiger partial charge in [-0.25, -0.2) is 0 Å². The molecule has 0 bridgehead atoms. The predicted molar refractivity (Wildman–Crippen MR) is 71.1 cm³/mol. The molecule has 0 heterocycles. The largest absolute Gasteiger partial charge is 0.390 e. The normalized spacial score (nSPS) is 31.8. The summed E-state index contributed by atoms with van der Waals surface area (Å²) in [4.78, 5) is 2.37. The number of nitrogens with one attached hydrogen (secondary N) is 1. The Morgan fingerprint density at radius 3 is 2.41 bits per heavy atom. The fraction of sp³-hybridized carbons (Fsp3) is 1.00. The molecule has 0 aromatic rings. The molecule has 2 N–H and O–H groups in total. The van der Waals surface area contributed by atoms with Gasteiger partial charge >= 0.3 is 0 Å². The number of hydrogen-bond acceptors (Lipinski definition) is 3. The fourth-order valence-electron chi connectivity index (χ4n) is 2.82. The minimum absolute atomic E-state index is 0.208. The molecule has 2 saturated carbocycles. The predicted octanol–water partition coefficient (Wildman–Crippen LogP) is 1.61. The summed E-state index contributed by atoms with van der Waals surface area (Å²) in [5, 5.41) is 13.4. The van der Waals surface area contributed by atoms with Crippen LogP contribution in [0.25, 0.3) is 0 Å². The Morgan fingerprint density at radius 1 is 1.18 bits per heavy atom. The molecule has 0 aromatic carbocycles. The van der Waals surface area contributed by atoms with E-state index in [2.05, 4.69) is 24.2 Å². The molecule has 0 aliphatic heterocycles. The number of likely N-dealkylation sites (N-methyl/N-ethyl adjacent to an activating group) is 1. The quantitative estimate of drug-likeness (QED) is 0.740. The van der Waals surface area contributed by atoms with Crippen LogP contribution in [0.15, 0.2) is 0 Å². The van der Waals surface area contributed by atoms with E-state index in [-0.39, 0.29) is 6.10 Å². The zero-order valence-corrected chi connectivity index (χ0v) is 11.4. The van der Waals surface area contributed by atoms with Gasteiger partial charge in [0.2, 0.25) is 0 Å². The molecular formula is C14H28N2O. The minimum atomic E-state index is -0.208. The standard InChI is InChI=1S/C14H28N2O/c1-11-3-7-13(8-4-11)16(2)10-14(17)9-15-12-5-6-12/h11-15,17H,3-10H2,1-2H3. The molecule has 0 spiro atoms. The maximum Gasteiger partial charge on any atom is 0.0791 e. The lowest BCUT2D eigenvalue weighted by atomic mass is 9.86. The average Bonchev–Trinajstić information content (AvgIpc) is 3.11. The van der Waals surface area contributed by atoms with E-state index in [9.17, 15) is 5.11 Å². The van der Waals surface area contributed by atoms with E-state index in [1.54, 1.807) is 0 Å². The van der Waals surface area contributed by atoms with Gasteiger partial charge in [0, 0.05) is 25.2 Å². The summed E-state index contributed by atoms with van der Waals surface area (Å²) < 4.78 is 0. The van der Waals surface area contributed by atoms with E-state index in [4.69, 9.17) is 0 Å². The first-order chi connectivity index (χ1) is 8.15. The number of rotatable bonds is 6. The van der Waals surface area contributed by atoms with E-state index in [1.807, 2.05) is 0 Å². The smallest absolute Gasteiger partial charge is 0.0791 e. The van der Waals surface area contributed by atoms with Gasteiger partial charge in [0.1, 0.15) is 0 Å². The van der Waals surface area contributed by atoms with Crippen molar-refractivity contribution in [2.24, 2.45) is 5.92 Å². The van der Waals surface area contributed by atoms with Gasteiger partial charge in [-0.2, -0.15) is 0 Å². The van der Waals surface area contributed by atoms with Gasteiger partial charge in [0.05, 0.1) is 6.10 Å². The molecule has 17 heavy (non-hydrogen) atoms. The van der Waals surface area contributed by atoms with Gasteiger partial charge in [-0.3, -0.25) is 0 Å². The molecule has 3 heteroatoms. The third kappa shape index (κ3) is 4.57. The van der Waals surface area contributed by atoms with Gasteiger partial charge in [0.15, 0.2) is 0 Å². The van der Waals surface area contributed by atoms with Crippen LogP contribution in [0.1, 0.15) is 45.4 Å². The Balaban J connectivity index is 1.62. The van der Waals surface area contributed by atoms with Crippen molar-refractivity contribution in [1.82, 2.24) is 10.2 Å². The highest BCUT2D eigenvalue weighted by atomic mass is 16.3. The van der Waals surface area contributed by atoms with Gasteiger partial charge in [-0.1, -0.05) is 6.92 Å². The molecule has 2 fully saturated rings.